The summed E-state index contributed by atoms with van der Waals surface area (Å²) in [4.78, 5) is 0.371. The highest BCUT2D eigenvalue weighted by Crippen LogP contribution is 2.19. The number of nitrogens with two attached hydrogens (primary N) is 1. The first-order valence-electron chi connectivity index (χ1n) is 6.86. The quantitative estimate of drug-likeness (QED) is 0.873. The van der Waals surface area contributed by atoms with E-state index in [4.69, 9.17) is 5.73 Å². The predicted molar refractivity (Wildman–Crippen MR) is 80.0 cm³/mol. The molecule has 0 fully saturated rings. The Morgan fingerprint density at radius 2 is 1.63 bits per heavy atom. The summed E-state index contributed by atoms with van der Waals surface area (Å²) in [6.07, 6.45) is 0.892. The lowest BCUT2D eigenvalue weighted by Gasteiger charge is -2.18. The molecule has 1 aromatic rings. The monoisotopic (exact) mass is 283 g/mol. The molecule has 2 N–H and O–H groups in total. The maximum Gasteiger partial charge on any atom is 0.179 e. The van der Waals surface area contributed by atoms with E-state index in [0.717, 1.165) is 12.0 Å². The van der Waals surface area contributed by atoms with Crippen molar-refractivity contribution in [2.45, 2.75) is 51.0 Å². The van der Waals surface area contributed by atoms with E-state index < -0.39 is 9.84 Å². The summed E-state index contributed by atoms with van der Waals surface area (Å²) in [6, 6.07) is 6.83. The summed E-state index contributed by atoms with van der Waals surface area (Å²) in [6.45, 7) is 8.18. The Bertz CT molecular complexity index is 491. The minimum Gasteiger partial charge on any atom is -0.327 e. The fourth-order valence-electron chi connectivity index (χ4n) is 1.88. The normalized spacial score (nSPS) is 15.5. The van der Waals surface area contributed by atoms with E-state index in [9.17, 15) is 8.42 Å². The highest BCUT2D eigenvalue weighted by Gasteiger charge is 2.22. The van der Waals surface area contributed by atoms with E-state index in [2.05, 4.69) is 13.8 Å². The largest absolute Gasteiger partial charge is 0.327 e. The summed E-state index contributed by atoms with van der Waals surface area (Å²) in [5.41, 5.74) is 7.09. The molecule has 2 atom stereocenters. The van der Waals surface area contributed by atoms with Crippen LogP contribution in [0.25, 0.3) is 0 Å². The second-order valence-electron chi connectivity index (χ2n) is 5.55. The molecule has 0 aliphatic carbocycles. The van der Waals surface area contributed by atoms with Gasteiger partial charge in [0.15, 0.2) is 9.84 Å². The van der Waals surface area contributed by atoms with Crippen LogP contribution in [0.1, 0.15) is 45.6 Å². The van der Waals surface area contributed by atoms with E-state index >= 15 is 0 Å². The molecule has 3 nitrogen and oxygen atoms in total. The van der Waals surface area contributed by atoms with E-state index in [1.807, 2.05) is 26.0 Å². The fourth-order valence-corrected chi connectivity index (χ4v) is 3.46. The molecule has 2 unspecified atom stereocenters. The predicted octanol–water partition coefficient (Wildman–Crippen LogP) is 2.96. The van der Waals surface area contributed by atoms with Crippen molar-refractivity contribution in [3.8, 4) is 0 Å². The average molecular weight is 283 g/mol. The van der Waals surface area contributed by atoms with Gasteiger partial charge in [0.2, 0.25) is 0 Å². The Morgan fingerprint density at radius 1 is 1.11 bits per heavy atom. The maximum atomic E-state index is 12.3. The van der Waals surface area contributed by atoms with Crippen molar-refractivity contribution in [1.82, 2.24) is 0 Å². The van der Waals surface area contributed by atoms with Crippen molar-refractivity contribution in [2.75, 3.05) is 5.75 Å². The lowest BCUT2D eigenvalue weighted by molar-refractivity contribution is 0.466. The van der Waals surface area contributed by atoms with Crippen LogP contribution in [0.2, 0.25) is 0 Å². The highest BCUT2D eigenvalue weighted by atomic mass is 32.2. The smallest absolute Gasteiger partial charge is 0.179 e. The zero-order valence-electron chi connectivity index (χ0n) is 12.3. The zero-order valence-corrected chi connectivity index (χ0v) is 13.1. The van der Waals surface area contributed by atoms with E-state index in [1.54, 1.807) is 12.1 Å². The van der Waals surface area contributed by atoms with Crippen molar-refractivity contribution in [3.63, 3.8) is 0 Å². The molecule has 0 aliphatic rings. The molecule has 0 bridgehead atoms. The van der Waals surface area contributed by atoms with Gasteiger partial charge in [-0.25, -0.2) is 8.42 Å². The second kappa shape index (κ2) is 6.53. The number of hydrogen-bond acceptors (Lipinski definition) is 3. The molecule has 1 aromatic carbocycles. The van der Waals surface area contributed by atoms with Gasteiger partial charge in [-0.2, -0.15) is 0 Å². The first kappa shape index (κ1) is 16.2. The van der Waals surface area contributed by atoms with Gasteiger partial charge in [0.05, 0.1) is 10.6 Å². The van der Waals surface area contributed by atoms with Gasteiger partial charge in [-0.3, -0.25) is 0 Å². The molecule has 0 aliphatic heterocycles. The first-order chi connectivity index (χ1) is 8.77. The van der Waals surface area contributed by atoms with Gasteiger partial charge < -0.3 is 5.73 Å². The SMILES string of the molecule is CCC(C)C(N)CS(=O)(=O)c1ccc(C(C)C)cc1. The number of sulfone groups is 1. The van der Waals surface area contributed by atoms with Crippen LogP contribution >= 0.6 is 0 Å². The van der Waals surface area contributed by atoms with Crippen LogP contribution in [0.4, 0.5) is 0 Å². The van der Waals surface area contributed by atoms with Crippen molar-refractivity contribution in [1.29, 1.82) is 0 Å². The fraction of sp³-hybridized carbons (Fsp3) is 0.600. The summed E-state index contributed by atoms with van der Waals surface area (Å²) in [5.74, 6) is 0.632. The molecular formula is C15H25NO2S. The molecule has 0 aromatic heterocycles. The van der Waals surface area contributed by atoms with Crippen LogP contribution in [0.5, 0.6) is 0 Å². The molecule has 0 saturated carbocycles. The van der Waals surface area contributed by atoms with E-state index in [-0.39, 0.29) is 17.7 Å². The van der Waals surface area contributed by atoms with Crippen molar-refractivity contribution >= 4 is 9.84 Å². The van der Waals surface area contributed by atoms with E-state index in [0.29, 0.717) is 10.8 Å². The topological polar surface area (TPSA) is 60.2 Å². The molecular weight excluding hydrogens is 258 g/mol. The lowest BCUT2D eigenvalue weighted by Crippen LogP contribution is -2.35. The van der Waals surface area contributed by atoms with Crippen LogP contribution in [-0.2, 0) is 9.84 Å². The summed E-state index contributed by atoms with van der Waals surface area (Å²) in [7, 11) is -3.28. The molecule has 0 spiro atoms. The summed E-state index contributed by atoms with van der Waals surface area (Å²) >= 11 is 0. The summed E-state index contributed by atoms with van der Waals surface area (Å²) < 4.78 is 24.5. The number of benzene rings is 1. The van der Waals surface area contributed by atoms with Gasteiger partial charge in [0.25, 0.3) is 0 Å². The van der Waals surface area contributed by atoms with Crippen LogP contribution in [0, 0.1) is 5.92 Å². The second-order valence-corrected chi connectivity index (χ2v) is 7.59. The molecule has 0 amide bonds. The third kappa shape index (κ3) is 4.32. The Morgan fingerprint density at radius 3 is 2.05 bits per heavy atom. The van der Waals surface area contributed by atoms with E-state index in [1.165, 1.54) is 0 Å². The number of hydrogen-bond donors (Lipinski definition) is 1. The molecule has 4 heteroatoms. The average Bonchev–Trinajstić information content (AvgIpc) is 2.37. The molecule has 0 radical (unpaired) electrons. The maximum absolute atomic E-state index is 12.3. The van der Waals surface area contributed by atoms with Gasteiger partial charge in [-0.05, 0) is 29.5 Å². The van der Waals surface area contributed by atoms with Crippen LogP contribution in [0.15, 0.2) is 29.2 Å². The first-order valence-corrected chi connectivity index (χ1v) is 8.51. The third-order valence-corrected chi connectivity index (χ3v) is 5.51. The Labute approximate surface area is 117 Å². The standard InChI is InChI=1S/C15H25NO2S/c1-5-12(4)15(16)10-19(17,18)14-8-6-13(7-9-14)11(2)3/h6-9,11-12,15H,5,10,16H2,1-4H3. The van der Waals surface area contributed by atoms with Crippen molar-refractivity contribution in [3.05, 3.63) is 29.8 Å². The Kier molecular flexibility index (Phi) is 5.56. The molecule has 0 saturated heterocycles. The lowest BCUT2D eigenvalue weighted by atomic mass is 10.0. The molecule has 1 rings (SSSR count). The Balaban J connectivity index is 2.88. The molecule has 19 heavy (non-hydrogen) atoms. The summed E-state index contributed by atoms with van der Waals surface area (Å²) in [5, 5.41) is 0. The molecule has 108 valence electrons. The number of rotatable bonds is 6. The minimum absolute atomic E-state index is 0.0169. The van der Waals surface area contributed by atoms with Crippen LogP contribution in [0.3, 0.4) is 0 Å². The minimum atomic E-state index is -3.28. The Hall–Kier alpha value is -0.870. The van der Waals surface area contributed by atoms with Crippen molar-refractivity contribution < 1.29 is 8.42 Å². The van der Waals surface area contributed by atoms with Gasteiger partial charge in [-0.15, -0.1) is 0 Å². The van der Waals surface area contributed by atoms with Gasteiger partial charge in [-0.1, -0.05) is 46.2 Å². The molecule has 0 heterocycles. The van der Waals surface area contributed by atoms with Gasteiger partial charge in [0, 0.05) is 6.04 Å². The zero-order chi connectivity index (χ0) is 14.6. The highest BCUT2D eigenvalue weighted by molar-refractivity contribution is 7.91. The van der Waals surface area contributed by atoms with Crippen molar-refractivity contribution in [2.24, 2.45) is 11.7 Å². The van der Waals surface area contributed by atoms with Gasteiger partial charge >= 0.3 is 0 Å². The van der Waals surface area contributed by atoms with Crippen LogP contribution < -0.4 is 5.73 Å². The van der Waals surface area contributed by atoms with Gasteiger partial charge in [0.1, 0.15) is 0 Å². The van der Waals surface area contributed by atoms with Crippen LogP contribution in [-0.4, -0.2) is 20.2 Å². The third-order valence-electron chi connectivity index (χ3n) is 3.69.